The quantitative estimate of drug-likeness (QED) is 0.806. The Morgan fingerprint density at radius 1 is 1.06 bits per heavy atom. The number of likely N-dealkylation sites (N-methyl/N-ethyl adjacent to an activating group) is 1. The van der Waals surface area contributed by atoms with Gasteiger partial charge in [0.15, 0.2) is 0 Å². The number of rotatable bonds is 4. The highest BCUT2D eigenvalue weighted by atomic mass is 15.2. The van der Waals surface area contributed by atoms with Crippen molar-refractivity contribution in [3.8, 4) is 0 Å². The van der Waals surface area contributed by atoms with Crippen LogP contribution in [0.4, 0.5) is 5.69 Å². The van der Waals surface area contributed by atoms with E-state index < -0.39 is 0 Å². The summed E-state index contributed by atoms with van der Waals surface area (Å²) in [5.74, 6) is 0. The van der Waals surface area contributed by atoms with Gasteiger partial charge in [0.25, 0.3) is 0 Å². The molecule has 0 saturated carbocycles. The van der Waals surface area contributed by atoms with E-state index in [1.54, 1.807) is 11.1 Å². The van der Waals surface area contributed by atoms with Crippen LogP contribution in [0.3, 0.4) is 0 Å². The Morgan fingerprint density at radius 2 is 1.78 bits per heavy atom. The molecule has 2 nitrogen and oxygen atoms in total. The molecule has 18 heavy (non-hydrogen) atoms. The van der Waals surface area contributed by atoms with Crippen molar-refractivity contribution in [1.82, 2.24) is 4.90 Å². The molecule has 0 aliphatic carbocycles. The zero-order valence-corrected chi connectivity index (χ0v) is 12.1. The fourth-order valence-electron chi connectivity index (χ4n) is 2.88. The molecule has 0 aromatic heterocycles. The third kappa shape index (κ3) is 2.86. The highest BCUT2D eigenvalue weighted by molar-refractivity contribution is 5.57. The third-order valence-electron chi connectivity index (χ3n) is 3.97. The van der Waals surface area contributed by atoms with Gasteiger partial charge in [-0.1, -0.05) is 32.4 Å². The number of hydrogen-bond donors (Lipinski definition) is 0. The highest BCUT2D eigenvalue weighted by Gasteiger charge is 2.17. The Morgan fingerprint density at radius 3 is 2.39 bits per heavy atom. The van der Waals surface area contributed by atoms with Crippen LogP contribution in [0.5, 0.6) is 0 Å². The lowest BCUT2D eigenvalue weighted by atomic mass is 9.98. The number of aryl methyl sites for hydroxylation is 1. The normalized spacial score (nSPS) is 17.2. The van der Waals surface area contributed by atoms with Gasteiger partial charge in [0.2, 0.25) is 0 Å². The van der Waals surface area contributed by atoms with E-state index in [2.05, 4.69) is 48.9 Å². The highest BCUT2D eigenvalue weighted by Crippen LogP contribution is 2.26. The first-order valence-electron chi connectivity index (χ1n) is 7.30. The van der Waals surface area contributed by atoms with Gasteiger partial charge in [0, 0.05) is 31.9 Å². The first-order chi connectivity index (χ1) is 8.76. The summed E-state index contributed by atoms with van der Waals surface area (Å²) in [7, 11) is 2.21. The first kappa shape index (κ1) is 13.4. The van der Waals surface area contributed by atoms with Crippen molar-refractivity contribution in [2.45, 2.75) is 33.1 Å². The monoisotopic (exact) mass is 246 g/mol. The summed E-state index contributed by atoms with van der Waals surface area (Å²) < 4.78 is 0. The van der Waals surface area contributed by atoms with Crippen molar-refractivity contribution in [3.05, 3.63) is 29.3 Å². The average molecular weight is 246 g/mol. The van der Waals surface area contributed by atoms with Crippen LogP contribution in [0.2, 0.25) is 0 Å². The molecule has 0 unspecified atom stereocenters. The Kier molecular flexibility index (Phi) is 4.65. The topological polar surface area (TPSA) is 6.48 Å². The van der Waals surface area contributed by atoms with Gasteiger partial charge in [-0.3, -0.25) is 0 Å². The molecule has 1 aliphatic heterocycles. The van der Waals surface area contributed by atoms with Gasteiger partial charge in [0.05, 0.1) is 0 Å². The van der Waals surface area contributed by atoms with Gasteiger partial charge in [-0.25, -0.2) is 0 Å². The van der Waals surface area contributed by atoms with Crippen molar-refractivity contribution in [1.29, 1.82) is 0 Å². The van der Waals surface area contributed by atoms with Gasteiger partial charge in [-0.2, -0.15) is 0 Å². The maximum Gasteiger partial charge on any atom is 0.0402 e. The van der Waals surface area contributed by atoms with Crippen LogP contribution in [0.1, 0.15) is 31.4 Å². The number of piperazine rings is 1. The number of hydrogen-bond acceptors (Lipinski definition) is 2. The van der Waals surface area contributed by atoms with Gasteiger partial charge >= 0.3 is 0 Å². The van der Waals surface area contributed by atoms with Gasteiger partial charge < -0.3 is 9.80 Å². The standard InChI is InChI=1S/C16H26N2/c1-4-7-14-8-6-9-16(15(14)5-2)18-12-10-17(3)11-13-18/h6,8-9H,4-5,7,10-13H2,1-3H3. The Bertz CT molecular complexity index is 379. The molecule has 0 amide bonds. The predicted octanol–water partition coefficient (Wildman–Crippen LogP) is 2.95. The van der Waals surface area contributed by atoms with Crippen LogP contribution >= 0.6 is 0 Å². The molecule has 0 bridgehead atoms. The average Bonchev–Trinajstić information content (AvgIpc) is 2.40. The van der Waals surface area contributed by atoms with Crippen molar-refractivity contribution in [2.24, 2.45) is 0 Å². The first-order valence-corrected chi connectivity index (χ1v) is 7.30. The van der Waals surface area contributed by atoms with Crippen molar-refractivity contribution in [3.63, 3.8) is 0 Å². The van der Waals surface area contributed by atoms with Crippen LogP contribution in [0.25, 0.3) is 0 Å². The Hall–Kier alpha value is -1.02. The minimum atomic E-state index is 1.15. The van der Waals surface area contributed by atoms with Crippen LogP contribution in [0.15, 0.2) is 18.2 Å². The second-order valence-corrected chi connectivity index (χ2v) is 5.31. The molecular weight excluding hydrogens is 220 g/mol. The minimum absolute atomic E-state index is 1.15. The second-order valence-electron chi connectivity index (χ2n) is 5.31. The fourth-order valence-corrected chi connectivity index (χ4v) is 2.88. The van der Waals surface area contributed by atoms with E-state index in [1.165, 1.54) is 44.7 Å². The van der Waals surface area contributed by atoms with E-state index in [0.29, 0.717) is 0 Å². The second kappa shape index (κ2) is 6.24. The predicted molar refractivity (Wildman–Crippen MR) is 79.5 cm³/mol. The van der Waals surface area contributed by atoms with Crippen LogP contribution in [0, 0.1) is 0 Å². The van der Waals surface area contributed by atoms with Crippen LogP contribution in [-0.2, 0) is 12.8 Å². The van der Waals surface area contributed by atoms with Crippen molar-refractivity contribution >= 4 is 5.69 Å². The fraction of sp³-hybridized carbons (Fsp3) is 0.625. The lowest BCUT2D eigenvalue weighted by Gasteiger charge is -2.35. The molecule has 2 heteroatoms. The zero-order valence-electron chi connectivity index (χ0n) is 12.1. The molecule has 0 spiro atoms. The van der Waals surface area contributed by atoms with E-state index in [4.69, 9.17) is 0 Å². The van der Waals surface area contributed by atoms with E-state index in [9.17, 15) is 0 Å². The Balaban J connectivity index is 2.23. The number of anilines is 1. The van der Waals surface area contributed by atoms with E-state index in [0.717, 1.165) is 6.42 Å². The molecular formula is C16H26N2. The van der Waals surface area contributed by atoms with Crippen LogP contribution < -0.4 is 4.90 Å². The lowest BCUT2D eigenvalue weighted by Crippen LogP contribution is -2.44. The number of benzene rings is 1. The maximum absolute atomic E-state index is 2.57. The van der Waals surface area contributed by atoms with E-state index in [1.807, 2.05) is 0 Å². The summed E-state index contributed by atoms with van der Waals surface area (Å²) >= 11 is 0. The molecule has 0 N–H and O–H groups in total. The van der Waals surface area contributed by atoms with E-state index >= 15 is 0 Å². The summed E-state index contributed by atoms with van der Waals surface area (Å²) in [4.78, 5) is 4.98. The summed E-state index contributed by atoms with van der Waals surface area (Å²) in [5, 5.41) is 0. The molecule has 1 heterocycles. The van der Waals surface area contributed by atoms with Gasteiger partial charge in [-0.15, -0.1) is 0 Å². The summed E-state index contributed by atoms with van der Waals surface area (Å²) in [6.45, 7) is 9.25. The van der Waals surface area contributed by atoms with Crippen molar-refractivity contribution < 1.29 is 0 Å². The molecule has 0 atom stereocenters. The third-order valence-corrected chi connectivity index (χ3v) is 3.97. The molecule has 1 aliphatic rings. The van der Waals surface area contributed by atoms with Crippen LogP contribution in [-0.4, -0.2) is 38.1 Å². The minimum Gasteiger partial charge on any atom is -0.369 e. The molecule has 1 fully saturated rings. The zero-order chi connectivity index (χ0) is 13.0. The molecule has 1 saturated heterocycles. The molecule has 2 rings (SSSR count). The largest absolute Gasteiger partial charge is 0.369 e. The van der Waals surface area contributed by atoms with E-state index in [-0.39, 0.29) is 0 Å². The molecule has 1 aromatic carbocycles. The molecule has 0 radical (unpaired) electrons. The van der Waals surface area contributed by atoms with Gasteiger partial charge in [-0.05, 0) is 37.1 Å². The summed E-state index contributed by atoms with van der Waals surface area (Å²) in [6, 6.07) is 6.85. The number of nitrogens with zero attached hydrogens (tertiary/aromatic N) is 2. The molecule has 1 aromatic rings. The summed E-state index contributed by atoms with van der Waals surface area (Å²) in [5.41, 5.74) is 4.61. The smallest absolute Gasteiger partial charge is 0.0402 e. The molecule has 100 valence electrons. The summed E-state index contributed by atoms with van der Waals surface area (Å²) in [6.07, 6.45) is 3.60. The Labute approximate surface area is 112 Å². The SMILES string of the molecule is CCCc1cccc(N2CCN(C)CC2)c1CC. The maximum atomic E-state index is 2.57. The lowest BCUT2D eigenvalue weighted by molar-refractivity contribution is 0.312. The van der Waals surface area contributed by atoms with Gasteiger partial charge in [0.1, 0.15) is 0 Å². The van der Waals surface area contributed by atoms with Crippen molar-refractivity contribution in [2.75, 3.05) is 38.1 Å².